The number of carboxylic acids is 1. The minimum absolute atomic E-state index is 0.00170. The Bertz CT molecular complexity index is 698. The number of ketones is 1. The Labute approximate surface area is 206 Å². The van der Waals surface area contributed by atoms with E-state index in [9.17, 15) is 14.7 Å². The van der Waals surface area contributed by atoms with E-state index in [1.165, 1.54) is 0 Å². The first-order chi connectivity index (χ1) is 14.4. The van der Waals surface area contributed by atoms with E-state index >= 15 is 0 Å². The standard InChI is InChI=1S/C26H52O5Si2/c1-16-18(2)22(31-33(14,15)25(7,8)9)19(3)23(29)26(10,11)20(17-21(27)28)30-32(12,13)24(4,5)6/h16,18-20,22H,1,17H2,2-15H3,(H,27,28)/t18-,19?,20+,22+/m0/s1. The van der Waals surface area contributed by atoms with Gasteiger partial charge in [0.05, 0.1) is 18.6 Å². The summed E-state index contributed by atoms with van der Waals surface area (Å²) in [6.07, 6.45) is 0.602. The van der Waals surface area contributed by atoms with Crippen LogP contribution in [-0.2, 0) is 18.4 Å². The fraction of sp³-hybridized carbons (Fsp3) is 0.846. The van der Waals surface area contributed by atoms with E-state index in [1.54, 1.807) is 0 Å². The lowest BCUT2D eigenvalue weighted by atomic mass is 9.73. The Morgan fingerprint density at radius 3 is 1.61 bits per heavy atom. The minimum Gasteiger partial charge on any atom is -0.481 e. The Balaban J connectivity index is 6.23. The van der Waals surface area contributed by atoms with E-state index in [4.69, 9.17) is 8.85 Å². The Hall–Kier alpha value is -0.766. The van der Waals surface area contributed by atoms with Crippen LogP contribution < -0.4 is 0 Å². The highest BCUT2D eigenvalue weighted by Crippen LogP contribution is 2.43. The van der Waals surface area contributed by atoms with Crippen LogP contribution in [0.2, 0.25) is 36.3 Å². The monoisotopic (exact) mass is 500 g/mol. The SMILES string of the molecule is C=C[C@H](C)[C@@H](O[Si](C)(C)C(C)(C)C)C(C)C(=O)C(C)(C)[C@@H](CC(=O)O)O[Si](C)(C)C(C)(C)C. The third kappa shape index (κ3) is 8.15. The Morgan fingerprint density at radius 2 is 1.27 bits per heavy atom. The summed E-state index contributed by atoms with van der Waals surface area (Å²) in [6.45, 7) is 33.0. The molecule has 0 aromatic rings. The first-order valence-electron chi connectivity index (χ1n) is 12.2. The lowest BCUT2D eigenvalue weighted by Crippen LogP contribution is -2.54. The summed E-state index contributed by atoms with van der Waals surface area (Å²) in [5.41, 5.74) is -0.983. The number of carboxylic acid groups (broad SMARTS) is 1. The summed E-state index contributed by atoms with van der Waals surface area (Å²) in [6, 6.07) is 0. The van der Waals surface area contributed by atoms with Gasteiger partial charge in [0.1, 0.15) is 5.78 Å². The molecule has 0 saturated carbocycles. The van der Waals surface area contributed by atoms with Gasteiger partial charge in [0.25, 0.3) is 0 Å². The summed E-state index contributed by atoms with van der Waals surface area (Å²) in [5, 5.41) is 9.54. The van der Waals surface area contributed by atoms with Crippen LogP contribution >= 0.6 is 0 Å². The number of rotatable bonds is 12. The first-order valence-corrected chi connectivity index (χ1v) is 18.0. The van der Waals surface area contributed by atoms with E-state index in [1.807, 2.05) is 33.8 Å². The van der Waals surface area contributed by atoms with Gasteiger partial charge in [-0.1, -0.05) is 75.3 Å². The third-order valence-corrected chi connectivity index (χ3v) is 17.0. The third-order valence-electron chi connectivity index (χ3n) is 8.08. The maximum absolute atomic E-state index is 14.0. The lowest BCUT2D eigenvalue weighted by Gasteiger charge is -2.46. The summed E-state index contributed by atoms with van der Waals surface area (Å²) in [4.78, 5) is 25.7. The molecule has 0 rings (SSSR count). The van der Waals surface area contributed by atoms with Crippen molar-refractivity contribution in [1.82, 2.24) is 0 Å². The summed E-state index contributed by atoms with van der Waals surface area (Å²) < 4.78 is 13.3. The molecule has 7 heteroatoms. The number of hydrogen-bond acceptors (Lipinski definition) is 4. The predicted molar refractivity (Wildman–Crippen MR) is 144 cm³/mol. The zero-order valence-electron chi connectivity index (χ0n) is 23.9. The summed E-state index contributed by atoms with van der Waals surface area (Å²) >= 11 is 0. The summed E-state index contributed by atoms with van der Waals surface area (Å²) in [7, 11) is -4.45. The first kappa shape index (κ1) is 32.2. The van der Waals surface area contributed by atoms with Crippen LogP contribution in [0.4, 0.5) is 0 Å². The molecule has 0 aromatic carbocycles. The van der Waals surface area contributed by atoms with Gasteiger partial charge in [-0.2, -0.15) is 0 Å². The largest absolute Gasteiger partial charge is 0.481 e. The van der Waals surface area contributed by atoms with Crippen molar-refractivity contribution >= 4 is 28.4 Å². The highest BCUT2D eigenvalue weighted by molar-refractivity contribution is 6.74. The second kappa shape index (κ2) is 10.9. The smallest absolute Gasteiger partial charge is 0.305 e. The zero-order valence-corrected chi connectivity index (χ0v) is 25.9. The quantitative estimate of drug-likeness (QED) is 0.225. The van der Waals surface area contributed by atoms with Gasteiger partial charge in [-0.25, -0.2) is 0 Å². The van der Waals surface area contributed by atoms with Crippen molar-refractivity contribution in [2.24, 2.45) is 17.3 Å². The molecule has 0 radical (unpaired) electrons. The molecule has 194 valence electrons. The van der Waals surface area contributed by atoms with Crippen LogP contribution in [0.25, 0.3) is 0 Å². The summed E-state index contributed by atoms with van der Waals surface area (Å²) in [5.74, 6) is -1.43. The average molecular weight is 501 g/mol. The molecular formula is C26H52O5Si2. The molecule has 0 aromatic heterocycles. The van der Waals surface area contributed by atoms with Gasteiger partial charge >= 0.3 is 5.97 Å². The van der Waals surface area contributed by atoms with Gasteiger partial charge < -0.3 is 14.0 Å². The van der Waals surface area contributed by atoms with Crippen LogP contribution in [0.15, 0.2) is 12.7 Å². The van der Waals surface area contributed by atoms with Gasteiger partial charge in [-0.3, -0.25) is 9.59 Å². The van der Waals surface area contributed by atoms with Crippen molar-refractivity contribution in [1.29, 1.82) is 0 Å². The van der Waals surface area contributed by atoms with Crippen molar-refractivity contribution in [3.8, 4) is 0 Å². The number of aliphatic carboxylic acids is 1. The molecule has 4 atom stereocenters. The molecule has 0 heterocycles. The zero-order chi connectivity index (χ0) is 26.8. The van der Waals surface area contributed by atoms with Crippen LogP contribution in [0.5, 0.6) is 0 Å². The van der Waals surface area contributed by atoms with Gasteiger partial charge in [0.15, 0.2) is 16.6 Å². The molecule has 1 unspecified atom stereocenters. The van der Waals surface area contributed by atoms with E-state index in [0.717, 1.165) is 0 Å². The van der Waals surface area contributed by atoms with Crippen molar-refractivity contribution in [3.63, 3.8) is 0 Å². The molecule has 5 nitrogen and oxygen atoms in total. The minimum atomic E-state index is -2.30. The molecule has 0 aliphatic heterocycles. The van der Waals surface area contributed by atoms with E-state index < -0.39 is 40.0 Å². The fourth-order valence-electron chi connectivity index (χ4n) is 3.35. The number of hydrogen-bond donors (Lipinski definition) is 1. The highest BCUT2D eigenvalue weighted by atomic mass is 28.4. The molecule has 0 aliphatic rings. The van der Waals surface area contributed by atoms with Crippen LogP contribution in [0, 0.1) is 17.3 Å². The molecule has 0 spiro atoms. The van der Waals surface area contributed by atoms with Crippen molar-refractivity contribution in [3.05, 3.63) is 12.7 Å². The van der Waals surface area contributed by atoms with E-state index in [2.05, 4.69) is 74.3 Å². The molecule has 0 saturated heterocycles. The van der Waals surface area contributed by atoms with E-state index in [0.29, 0.717) is 0 Å². The predicted octanol–water partition coefficient (Wildman–Crippen LogP) is 7.30. The highest BCUT2D eigenvalue weighted by Gasteiger charge is 2.49. The molecular weight excluding hydrogens is 448 g/mol. The van der Waals surface area contributed by atoms with E-state index in [-0.39, 0.29) is 34.3 Å². The maximum atomic E-state index is 14.0. The Morgan fingerprint density at radius 1 is 0.879 bits per heavy atom. The fourth-order valence-corrected chi connectivity index (χ4v) is 6.24. The Kier molecular flexibility index (Phi) is 10.6. The molecule has 0 bridgehead atoms. The van der Waals surface area contributed by atoms with Crippen molar-refractivity contribution in [2.45, 2.75) is 124 Å². The molecule has 1 N–H and O–H groups in total. The number of carbonyl (C=O) groups is 2. The molecule has 0 amide bonds. The topological polar surface area (TPSA) is 72.8 Å². The number of Topliss-reactive ketones (excluding diaryl/α,β-unsaturated/α-hetero) is 1. The van der Waals surface area contributed by atoms with Crippen LogP contribution in [-0.4, -0.2) is 45.7 Å². The second-order valence-corrected chi connectivity index (χ2v) is 22.8. The average Bonchev–Trinajstić information content (AvgIpc) is 2.61. The van der Waals surface area contributed by atoms with Crippen LogP contribution in [0.1, 0.15) is 75.7 Å². The van der Waals surface area contributed by atoms with Gasteiger partial charge in [-0.05, 0) is 42.2 Å². The van der Waals surface area contributed by atoms with Crippen molar-refractivity contribution in [2.75, 3.05) is 0 Å². The second-order valence-electron chi connectivity index (χ2n) is 13.3. The van der Waals surface area contributed by atoms with Gasteiger partial charge in [-0.15, -0.1) is 6.58 Å². The van der Waals surface area contributed by atoms with Gasteiger partial charge in [0.2, 0.25) is 0 Å². The van der Waals surface area contributed by atoms with Crippen LogP contribution in [0.3, 0.4) is 0 Å². The normalized spacial score (nSPS) is 17.8. The molecule has 0 aliphatic carbocycles. The maximum Gasteiger partial charge on any atom is 0.305 e. The number of carbonyl (C=O) groups excluding carboxylic acids is 1. The van der Waals surface area contributed by atoms with Gasteiger partial charge in [0, 0.05) is 11.3 Å². The molecule has 33 heavy (non-hydrogen) atoms. The molecule has 0 fully saturated rings. The lowest BCUT2D eigenvalue weighted by molar-refractivity contribution is -0.146. The van der Waals surface area contributed by atoms with Crippen molar-refractivity contribution < 1.29 is 23.5 Å².